The maximum Gasteiger partial charge on any atom is 0.322 e. The molecule has 2 N–H and O–H groups in total. The number of rotatable bonds is 5. The summed E-state index contributed by atoms with van der Waals surface area (Å²) < 4.78 is 19.6. The molecule has 0 spiro atoms. The van der Waals surface area contributed by atoms with E-state index in [9.17, 15) is 14.0 Å². The second-order valence-electron chi connectivity index (χ2n) is 5.26. The van der Waals surface area contributed by atoms with Gasteiger partial charge in [0.2, 0.25) is 0 Å². The zero-order chi connectivity index (χ0) is 15.6. The molecule has 0 saturated heterocycles. The van der Waals surface area contributed by atoms with E-state index in [1.165, 1.54) is 12.1 Å². The molecule has 2 rings (SSSR count). The molecule has 6 heteroatoms. The molecular formula is C15H17FO5. The van der Waals surface area contributed by atoms with E-state index >= 15 is 0 Å². The second kappa shape index (κ2) is 6.11. The molecule has 1 aliphatic rings. The van der Waals surface area contributed by atoms with Crippen molar-refractivity contribution in [2.24, 2.45) is 5.92 Å². The largest absolute Gasteiger partial charge is 0.493 e. The topological polar surface area (TPSA) is 83.8 Å². The lowest BCUT2D eigenvalue weighted by Gasteiger charge is -2.26. The summed E-state index contributed by atoms with van der Waals surface area (Å²) in [6.07, 6.45) is 2.63. The summed E-state index contributed by atoms with van der Waals surface area (Å²) in [5, 5.41) is 17.9. The van der Waals surface area contributed by atoms with E-state index in [-0.39, 0.29) is 5.56 Å². The van der Waals surface area contributed by atoms with Crippen molar-refractivity contribution in [2.45, 2.75) is 32.1 Å². The lowest BCUT2D eigenvalue weighted by atomic mass is 9.90. The average molecular weight is 296 g/mol. The Kier molecular flexibility index (Phi) is 4.45. The minimum Gasteiger partial charge on any atom is -0.493 e. The summed E-state index contributed by atoms with van der Waals surface area (Å²) in [5.74, 6) is -5.24. The molecule has 1 aromatic carbocycles. The van der Waals surface area contributed by atoms with Gasteiger partial charge in [0.25, 0.3) is 0 Å². The first kappa shape index (κ1) is 15.3. The van der Waals surface area contributed by atoms with Gasteiger partial charge in [-0.3, -0.25) is 9.59 Å². The Morgan fingerprint density at radius 2 is 2.05 bits per heavy atom. The number of aliphatic carboxylic acids is 2. The van der Waals surface area contributed by atoms with Gasteiger partial charge in [-0.25, -0.2) is 4.39 Å². The highest BCUT2D eigenvalue weighted by molar-refractivity contribution is 5.99. The number of fused-ring (bicyclic) bond motifs is 1. The lowest BCUT2D eigenvalue weighted by molar-refractivity contribution is -0.150. The summed E-state index contributed by atoms with van der Waals surface area (Å²) in [5.41, 5.74) is 0.290. The third kappa shape index (κ3) is 3.15. The number of ether oxygens (including phenoxy) is 1. The predicted octanol–water partition coefficient (Wildman–Crippen LogP) is 2.43. The standard InChI is InChI=1S/C15H17FO5/c1-2-3-8-4-9-5-11(16)10(6-12(9)21-7-8)13(14(17)18)15(19)20/h5-6,8,13H,2-4,7H2,1H3,(H,17,18)(H,19,20). The van der Waals surface area contributed by atoms with E-state index in [0.29, 0.717) is 30.3 Å². The van der Waals surface area contributed by atoms with E-state index in [4.69, 9.17) is 14.9 Å². The van der Waals surface area contributed by atoms with Crippen LogP contribution in [0.5, 0.6) is 5.75 Å². The van der Waals surface area contributed by atoms with E-state index in [1.807, 2.05) is 0 Å². The molecule has 1 unspecified atom stereocenters. The minimum absolute atomic E-state index is 0.308. The highest BCUT2D eigenvalue weighted by Gasteiger charge is 2.32. The van der Waals surface area contributed by atoms with Crippen LogP contribution < -0.4 is 4.74 Å². The maximum atomic E-state index is 14.1. The Labute approximate surface area is 121 Å². The van der Waals surface area contributed by atoms with E-state index in [1.54, 1.807) is 0 Å². The van der Waals surface area contributed by atoms with Crippen molar-refractivity contribution in [3.63, 3.8) is 0 Å². The fraction of sp³-hybridized carbons (Fsp3) is 0.467. The Balaban J connectivity index is 2.36. The van der Waals surface area contributed by atoms with Gasteiger partial charge < -0.3 is 14.9 Å². The van der Waals surface area contributed by atoms with Gasteiger partial charge in [-0.15, -0.1) is 0 Å². The van der Waals surface area contributed by atoms with Crippen molar-refractivity contribution in [3.8, 4) is 5.75 Å². The van der Waals surface area contributed by atoms with Crippen molar-refractivity contribution < 1.29 is 28.9 Å². The molecule has 0 radical (unpaired) electrons. The van der Waals surface area contributed by atoms with Gasteiger partial charge in [-0.1, -0.05) is 13.3 Å². The highest BCUT2D eigenvalue weighted by Crippen LogP contribution is 2.34. The maximum absolute atomic E-state index is 14.1. The van der Waals surface area contributed by atoms with E-state index in [2.05, 4.69) is 6.92 Å². The number of carboxylic acids is 2. The molecule has 0 aliphatic carbocycles. The SMILES string of the molecule is CCCC1COc2cc(C(C(=O)O)C(=O)O)c(F)cc2C1. The number of halogens is 1. The normalized spacial score (nSPS) is 17.2. The fourth-order valence-electron chi connectivity index (χ4n) is 2.67. The highest BCUT2D eigenvalue weighted by atomic mass is 19.1. The number of carboxylic acid groups (broad SMARTS) is 2. The van der Waals surface area contributed by atoms with Gasteiger partial charge in [-0.2, -0.15) is 0 Å². The Bertz CT molecular complexity index is 555. The quantitative estimate of drug-likeness (QED) is 0.815. The Morgan fingerprint density at radius 1 is 1.38 bits per heavy atom. The van der Waals surface area contributed by atoms with E-state index < -0.39 is 23.7 Å². The van der Waals surface area contributed by atoms with Gasteiger partial charge in [0.15, 0.2) is 5.92 Å². The van der Waals surface area contributed by atoms with Crippen molar-refractivity contribution in [1.29, 1.82) is 0 Å². The second-order valence-corrected chi connectivity index (χ2v) is 5.26. The van der Waals surface area contributed by atoms with E-state index in [0.717, 1.165) is 12.8 Å². The summed E-state index contributed by atoms with van der Waals surface area (Å²) in [7, 11) is 0. The monoisotopic (exact) mass is 296 g/mol. The molecule has 0 fully saturated rings. The van der Waals surface area contributed by atoms with Gasteiger partial charge in [0.05, 0.1) is 6.61 Å². The minimum atomic E-state index is -1.92. The van der Waals surface area contributed by atoms with Crippen LogP contribution in [0.3, 0.4) is 0 Å². The molecule has 0 bridgehead atoms. The number of carbonyl (C=O) groups is 2. The van der Waals surface area contributed by atoms with Crippen molar-refractivity contribution in [1.82, 2.24) is 0 Å². The van der Waals surface area contributed by atoms with Gasteiger partial charge in [0, 0.05) is 5.56 Å². The van der Waals surface area contributed by atoms with Crippen LogP contribution in [-0.4, -0.2) is 28.8 Å². The molecule has 114 valence electrons. The first-order valence-electron chi connectivity index (χ1n) is 6.84. The van der Waals surface area contributed by atoms with Crippen LogP contribution in [-0.2, 0) is 16.0 Å². The van der Waals surface area contributed by atoms with Crippen molar-refractivity contribution in [2.75, 3.05) is 6.61 Å². The average Bonchev–Trinajstić information content (AvgIpc) is 2.39. The molecular weight excluding hydrogens is 279 g/mol. The van der Waals surface area contributed by atoms with Gasteiger partial charge >= 0.3 is 11.9 Å². The molecule has 1 aliphatic heterocycles. The van der Waals surface area contributed by atoms with Crippen LogP contribution >= 0.6 is 0 Å². The fourth-order valence-corrected chi connectivity index (χ4v) is 2.67. The molecule has 0 saturated carbocycles. The molecule has 0 amide bonds. The third-order valence-corrected chi connectivity index (χ3v) is 3.66. The molecule has 0 aromatic heterocycles. The van der Waals surface area contributed by atoms with Crippen LogP contribution in [0.15, 0.2) is 12.1 Å². The number of benzene rings is 1. The Hall–Kier alpha value is -2.11. The predicted molar refractivity (Wildman–Crippen MR) is 72.0 cm³/mol. The van der Waals surface area contributed by atoms with Crippen molar-refractivity contribution in [3.05, 3.63) is 29.1 Å². The molecule has 5 nitrogen and oxygen atoms in total. The summed E-state index contributed by atoms with van der Waals surface area (Å²) in [4.78, 5) is 22.0. The van der Waals surface area contributed by atoms with Crippen LogP contribution in [0.1, 0.15) is 36.8 Å². The van der Waals surface area contributed by atoms with Crippen LogP contribution in [0, 0.1) is 11.7 Å². The molecule has 1 heterocycles. The third-order valence-electron chi connectivity index (χ3n) is 3.66. The van der Waals surface area contributed by atoms with Crippen LogP contribution in [0.25, 0.3) is 0 Å². The van der Waals surface area contributed by atoms with Gasteiger partial charge in [-0.05, 0) is 36.5 Å². The zero-order valence-corrected chi connectivity index (χ0v) is 11.6. The smallest absolute Gasteiger partial charge is 0.322 e. The van der Waals surface area contributed by atoms with Gasteiger partial charge in [0.1, 0.15) is 11.6 Å². The lowest BCUT2D eigenvalue weighted by Crippen LogP contribution is -2.24. The molecule has 1 aromatic rings. The molecule has 21 heavy (non-hydrogen) atoms. The molecule has 1 atom stereocenters. The summed E-state index contributed by atoms with van der Waals surface area (Å²) in [6, 6.07) is 2.41. The first-order chi connectivity index (χ1) is 9.93. The zero-order valence-electron chi connectivity index (χ0n) is 11.6. The van der Waals surface area contributed by atoms with Crippen LogP contribution in [0.4, 0.5) is 4.39 Å². The number of hydrogen-bond donors (Lipinski definition) is 2. The van der Waals surface area contributed by atoms with Crippen molar-refractivity contribution >= 4 is 11.9 Å². The first-order valence-corrected chi connectivity index (χ1v) is 6.84. The summed E-state index contributed by atoms with van der Waals surface area (Å²) >= 11 is 0. The van der Waals surface area contributed by atoms with Crippen LogP contribution in [0.2, 0.25) is 0 Å². The Morgan fingerprint density at radius 3 is 2.62 bits per heavy atom. The number of hydrogen-bond acceptors (Lipinski definition) is 3. The summed E-state index contributed by atoms with van der Waals surface area (Å²) in [6.45, 7) is 2.54.